The normalized spacial score (nSPS) is 10.4. The fourth-order valence-electron chi connectivity index (χ4n) is 4.09. The van der Waals surface area contributed by atoms with Gasteiger partial charge in [-0.2, -0.15) is 0 Å². The smallest absolute Gasteiger partial charge is 0.195 e. The summed E-state index contributed by atoms with van der Waals surface area (Å²) in [6.07, 6.45) is 0. The van der Waals surface area contributed by atoms with Crippen LogP contribution in [0.3, 0.4) is 0 Å². The predicted octanol–water partition coefficient (Wildman–Crippen LogP) is 8.68. The van der Waals surface area contributed by atoms with Crippen LogP contribution in [0.25, 0.3) is 41.7 Å². The van der Waals surface area contributed by atoms with E-state index in [4.69, 9.17) is 5.73 Å². The molecule has 3 heteroatoms. The minimum Gasteiger partial charge on any atom is -0.399 e. The second-order valence-corrected chi connectivity index (χ2v) is 9.46. The maximum Gasteiger partial charge on any atom is 0.195 e. The van der Waals surface area contributed by atoms with E-state index in [0.717, 1.165) is 25.9 Å². The number of nitrogens with two attached hydrogens (primary N) is 1. The van der Waals surface area contributed by atoms with Crippen LogP contribution in [-0.4, -0.2) is 0 Å². The molecule has 0 atom stereocenters. The summed E-state index contributed by atoms with van der Waals surface area (Å²) in [6.45, 7) is 0. The Kier molecular flexibility index (Phi) is 7.02. The van der Waals surface area contributed by atoms with E-state index in [2.05, 4.69) is 60.7 Å². The molecule has 174 valence electrons. The van der Waals surface area contributed by atoms with E-state index < -0.39 is 0 Å². The Morgan fingerprint density at radius 2 is 0.806 bits per heavy atom. The molecular weight excluding hydrogens is 458 g/mol. The first-order valence-electron chi connectivity index (χ1n) is 11.8. The Labute approximate surface area is 213 Å². The van der Waals surface area contributed by atoms with Gasteiger partial charge >= 0.3 is 0 Å². The fourth-order valence-corrected chi connectivity index (χ4v) is 5.16. The predicted molar refractivity (Wildman–Crippen MR) is 158 cm³/mol. The molecule has 0 amide bonds. The van der Waals surface area contributed by atoms with E-state index in [0.29, 0.717) is 0 Å². The van der Waals surface area contributed by atoms with Gasteiger partial charge in [0.1, 0.15) is 0 Å². The number of fused-ring (bicyclic) bond motifs is 4. The molecule has 0 aliphatic carbocycles. The summed E-state index contributed by atoms with van der Waals surface area (Å²) in [5, 5.41) is 6.89. The zero-order valence-electron chi connectivity index (χ0n) is 19.7. The minimum absolute atomic E-state index is 0.139. The molecule has 0 saturated heterocycles. The Bertz CT molecular complexity index is 1660. The number of rotatable bonds is 0. The number of benzene rings is 6. The SMILES string of the molecule is Nc1ccccc1.O=c1c2ccccc2sc2ccccc12.c1ccc2cc3ccccc3cc2c1. The summed E-state index contributed by atoms with van der Waals surface area (Å²) in [4.78, 5) is 12.1. The molecule has 0 bridgehead atoms. The van der Waals surface area contributed by atoms with Crippen molar-refractivity contribution in [2.75, 3.05) is 5.73 Å². The fraction of sp³-hybridized carbons (Fsp3) is 0. The highest BCUT2D eigenvalue weighted by Gasteiger charge is 2.03. The van der Waals surface area contributed by atoms with E-state index in [-0.39, 0.29) is 5.43 Å². The lowest BCUT2D eigenvalue weighted by Gasteiger charge is -2.00. The third kappa shape index (κ3) is 5.27. The van der Waals surface area contributed by atoms with Crippen molar-refractivity contribution in [2.24, 2.45) is 0 Å². The summed E-state index contributed by atoms with van der Waals surface area (Å²) < 4.78 is 2.11. The molecule has 36 heavy (non-hydrogen) atoms. The molecule has 0 spiro atoms. The highest BCUT2D eigenvalue weighted by atomic mass is 32.1. The highest BCUT2D eigenvalue weighted by Crippen LogP contribution is 2.24. The van der Waals surface area contributed by atoms with Crippen molar-refractivity contribution in [1.29, 1.82) is 0 Å². The van der Waals surface area contributed by atoms with Gasteiger partial charge in [-0.25, -0.2) is 0 Å². The van der Waals surface area contributed by atoms with Crippen LogP contribution in [0, 0.1) is 0 Å². The molecule has 0 saturated carbocycles. The van der Waals surface area contributed by atoms with Gasteiger partial charge in [0.05, 0.1) is 0 Å². The highest BCUT2D eigenvalue weighted by molar-refractivity contribution is 7.24. The molecule has 0 radical (unpaired) electrons. The third-order valence-corrected chi connectivity index (χ3v) is 7.05. The molecule has 0 aliphatic heterocycles. The number of anilines is 1. The van der Waals surface area contributed by atoms with Crippen molar-refractivity contribution >= 4 is 58.7 Å². The first-order valence-corrected chi connectivity index (χ1v) is 12.6. The third-order valence-electron chi connectivity index (χ3n) is 5.90. The zero-order chi connectivity index (χ0) is 24.7. The molecule has 7 rings (SSSR count). The number of nitrogen functional groups attached to an aromatic ring is 1. The van der Waals surface area contributed by atoms with Gasteiger partial charge in [0.25, 0.3) is 0 Å². The van der Waals surface area contributed by atoms with Crippen molar-refractivity contribution in [2.45, 2.75) is 0 Å². The lowest BCUT2D eigenvalue weighted by Crippen LogP contribution is -1.99. The van der Waals surface area contributed by atoms with Crippen LogP contribution in [0.2, 0.25) is 0 Å². The van der Waals surface area contributed by atoms with Gasteiger partial charge in [-0.1, -0.05) is 91.0 Å². The zero-order valence-corrected chi connectivity index (χ0v) is 20.5. The van der Waals surface area contributed by atoms with E-state index in [1.54, 1.807) is 11.3 Å². The Hall–Kier alpha value is -4.47. The summed E-state index contributed by atoms with van der Waals surface area (Å²) >= 11 is 1.67. The van der Waals surface area contributed by atoms with Crippen LogP contribution in [0.1, 0.15) is 0 Å². The van der Waals surface area contributed by atoms with Crippen molar-refractivity contribution in [3.05, 3.63) is 150 Å². The topological polar surface area (TPSA) is 43.1 Å². The van der Waals surface area contributed by atoms with Gasteiger partial charge in [-0.05, 0) is 70.1 Å². The second-order valence-electron chi connectivity index (χ2n) is 8.38. The van der Waals surface area contributed by atoms with Crippen LogP contribution in [0.4, 0.5) is 5.69 Å². The average Bonchev–Trinajstić information content (AvgIpc) is 2.93. The van der Waals surface area contributed by atoms with Crippen LogP contribution in [0.15, 0.2) is 144 Å². The maximum atomic E-state index is 12.1. The number of para-hydroxylation sites is 1. The van der Waals surface area contributed by atoms with Crippen molar-refractivity contribution < 1.29 is 0 Å². The monoisotopic (exact) mass is 483 g/mol. The Balaban J connectivity index is 0.000000119. The molecule has 7 aromatic rings. The van der Waals surface area contributed by atoms with Crippen LogP contribution in [0.5, 0.6) is 0 Å². The molecular formula is C33H25NOS. The van der Waals surface area contributed by atoms with Gasteiger partial charge in [-0.15, -0.1) is 11.3 Å². The van der Waals surface area contributed by atoms with E-state index in [1.165, 1.54) is 21.5 Å². The summed E-state index contributed by atoms with van der Waals surface area (Å²) in [6, 6.07) is 46.4. The molecule has 0 aliphatic rings. The lowest BCUT2D eigenvalue weighted by atomic mass is 10.0. The van der Waals surface area contributed by atoms with Crippen LogP contribution < -0.4 is 11.2 Å². The quantitative estimate of drug-likeness (QED) is 0.173. The van der Waals surface area contributed by atoms with E-state index >= 15 is 0 Å². The largest absolute Gasteiger partial charge is 0.399 e. The molecule has 6 aromatic carbocycles. The first-order chi connectivity index (χ1) is 17.7. The van der Waals surface area contributed by atoms with E-state index in [1.807, 2.05) is 78.9 Å². The van der Waals surface area contributed by atoms with Crippen LogP contribution >= 0.6 is 11.3 Å². The first kappa shape index (κ1) is 23.3. The molecule has 2 nitrogen and oxygen atoms in total. The van der Waals surface area contributed by atoms with Gasteiger partial charge in [-0.3, -0.25) is 4.79 Å². The van der Waals surface area contributed by atoms with Gasteiger partial charge in [0.2, 0.25) is 0 Å². The Morgan fingerprint density at radius 3 is 1.19 bits per heavy atom. The van der Waals surface area contributed by atoms with Crippen LogP contribution in [-0.2, 0) is 0 Å². The van der Waals surface area contributed by atoms with Gasteiger partial charge in [0, 0.05) is 25.9 Å². The maximum absolute atomic E-state index is 12.1. The number of hydrogen-bond acceptors (Lipinski definition) is 3. The van der Waals surface area contributed by atoms with Gasteiger partial charge in [0.15, 0.2) is 5.43 Å². The molecule has 1 heterocycles. The molecule has 1 aromatic heterocycles. The lowest BCUT2D eigenvalue weighted by molar-refractivity contribution is 1.69. The van der Waals surface area contributed by atoms with Gasteiger partial charge < -0.3 is 5.73 Å². The molecule has 2 N–H and O–H groups in total. The summed E-state index contributed by atoms with van der Waals surface area (Å²) in [7, 11) is 0. The standard InChI is InChI=1S/C14H10.C13H8OS.C6H7N/c1-2-6-12-10-14-8-4-3-7-13(14)9-11(12)5-1;14-13-9-5-1-3-7-11(9)15-12-8-4-2-6-10(12)13;7-6-4-2-1-3-5-6/h1-10H;1-8H;1-5H,7H2. The summed E-state index contributed by atoms with van der Waals surface area (Å²) in [5.41, 5.74) is 6.32. The Morgan fingerprint density at radius 1 is 0.444 bits per heavy atom. The summed E-state index contributed by atoms with van der Waals surface area (Å²) in [5.74, 6) is 0. The van der Waals surface area contributed by atoms with Crippen molar-refractivity contribution in [3.8, 4) is 0 Å². The van der Waals surface area contributed by atoms with Crippen molar-refractivity contribution in [3.63, 3.8) is 0 Å². The average molecular weight is 484 g/mol. The molecule has 0 fully saturated rings. The number of hydrogen-bond donors (Lipinski definition) is 1. The van der Waals surface area contributed by atoms with Crippen molar-refractivity contribution in [1.82, 2.24) is 0 Å². The molecule has 0 unspecified atom stereocenters. The second kappa shape index (κ2) is 10.9. The minimum atomic E-state index is 0.139. The van der Waals surface area contributed by atoms with E-state index in [9.17, 15) is 4.79 Å².